The molecule has 0 fully saturated rings. The van der Waals surface area contributed by atoms with Crippen LogP contribution in [0, 0.1) is 10.8 Å². The Morgan fingerprint density at radius 3 is 0.672 bits per heavy atom. The molecule has 0 aliphatic rings. The predicted molar refractivity (Wildman–Crippen MR) is 212 cm³/mol. The van der Waals surface area contributed by atoms with Crippen molar-refractivity contribution >= 4 is 48.0 Å². The van der Waals surface area contributed by atoms with Gasteiger partial charge in [-0.2, -0.15) is 0 Å². The van der Waals surface area contributed by atoms with Crippen molar-refractivity contribution < 1.29 is 118 Å². The van der Waals surface area contributed by atoms with E-state index in [-0.39, 0.29) is 145 Å². The van der Waals surface area contributed by atoms with E-state index < -0.39 is 58.8 Å². The monoisotopic (exact) mass is 941 g/mol. The minimum atomic E-state index is -1.27. The number of rotatable bonds is 28. The van der Waals surface area contributed by atoms with E-state index in [4.69, 9.17) is 49.4 Å². The quantitative estimate of drug-likeness (QED) is 0.0428. The number of carbonyl (C=O) groups excluding carboxylic acids is 8. The maximum absolute atomic E-state index is 11.8. The van der Waals surface area contributed by atoms with E-state index in [0.717, 1.165) is 0 Å². The number of hydrogen-bond acceptors (Lipinski definition) is 18. The van der Waals surface area contributed by atoms with Gasteiger partial charge in [0, 0.05) is 66.1 Å². The summed E-state index contributed by atoms with van der Waals surface area (Å²) >= 11 is 0. The van der Waals surface area contributed by atoms with Crippen molar-refractivity contribution in [1.29, 1.82) is 0 Å². The molecule has 1 radical (unpaired) electrons. The van der Waals surface area contributed by atoms with E-state index in [2.05, 4.69) is 48.9 Å². The van der Waals surface area contributed by atoms with Gasteiger partial charge in [-0.15, -0.1) is 0 Å². The first-order valence-electron chi connectivity index (χ1n) is 17.7. The van der Waals surface area contributed by atoms with Crippen LogP contribution in [0.1, 0.15) is 41.5 Å². The van der Waals surface area contributed by atoms with Crippen LogP contribution in [0.3, 0.4) is 0 Å². The molecular formula is C40H56N2O18Y-2. The van der Waals surface area contributed by atoms with Crippen molar-refractivity contribution in [3.8, 4) is 0 Å². The smallest absolute Gasteiger partial charge is 0.333 e. The summed E-state index contributed by atoms with van der Waals surface area (Å²) in [6.07, 6.45) is -2.43. The van der Waals surface area contributed by atoms with Crippen molar-refractivity contribution in [1.82, 2.24) is 0 Å². The summed E-state index contributed by atoms with van der Waals surface area (Å²) in [6, 6.07) is 0. The predicted octanol–water partition coefficient (Wildman–Crippen LogP) is 5.07. The van der Waals surface area contributed by atoms with Crippen LogP contribution in [-0.4, -0.2) is 127 Å². The second-order valence-corrected chi connectivity index (χ2v) is 13.5. The molecule has 0 saturated carbocycles. The summed E-state index contributed by atoms with van der Waals surface area (Å²) in [5, 5.41) is 0. The average molecular weight is 942 g/mol. The van der Waals surface area contributed by atoms with Gasteiger partial charge in [-0.05, 0) is 41.5 Å². The van der Waals surface area contributed by atoms with Crippen LogP contribution in [0.5, 0.6) is 0 Å². The van der Waals surface area contributed by atoms with Crippen LogP contribution in [0.25, 0.3) is 11.5 Å². The zero-order chi connectivity index (χ0) is 46.6. The fourth-order valence-electron chi connectivity index (χ4n) is 3.51. The first kappa shape index (κ1) is 60.1. The molecule has 0 saturated heterocycles. The van der Waals surface area contributed by atoms with E-state index in [1.807, 2.05) is 0 Å². The Morgan fingerprint density at radius 2 is 0.525 bits per heavy atom. The first-order chi connectivity index (χ1) is 27.8. The second kappa shape index (κ2) is 31.7. The minimum Gasteiger partial charge on any atom is -0.632 e. The van der Waals surface area contributed by atoms with E-state index in [0.29, 0.717) is 0 Å². The van der Waals surface area contributed by atoms with Gasteiger partial charge in [0.15, 0.2) is 0 Å². The second-order valence-electron chi connectivity index (χ2n) is 13.5. The average Bonchev–Trinajstić information content (AvgIpc) is 3.16. The molecule has 0 spiro atoms. The van der Waals surface area contributed by atoms with Crippen LogP contribution in [0.2, 0.25) is 0 Å². The first-order valence-corrected chi connectivity index (χ1v) is 17.7. The van der Waals surface area contributed by atoms with Gasteiger partial charge in [0.05, 0.1) is 37.3 Å². The molecule has 61 heavy (non-hydrogen) atoms. The van der Waals surface area contributed by atoms with Crippen molar-refractivity contribution in [3.63, 3.8) is 0 Å². The van der Waals surface area contributed by atoms with Crippen molar-refractivity contribution in [2.75, 3.05) is 79.3 Å². The molecule has 0 aliphatic heterocycles. The Labute approximate surface area is 380 Å². The zero-order valence-corrected chi connectivity index (χ0v) is 38.5. The number of amides is 2. The Hall–Kier alpha value is -5.18. The summed E-state index contributed by atoms with van der Waals surface area (Å²) in [7, 11) is 0. The number of esters is 6. The normalized spacial score (nSPS) is 10.3. The summed E-state index contributed by atoms with van der Waals surface area (Å²) < 4.78 is 50.9. The topological polar surface area (TPSA) is 276 Å². The molecule has 0 aromatic rings. The fraction of sp³-hybridized carbons (Fsp3) is 0.500. The molecule has 20 nitrogen and oxygen atoms in total. The van der Waals surface area contributed by atoms with Gasteiger partial charge < -0.3 is 58.8 Å². The number of carbonyl (C=O) groups is 8. The standard InChI is InChI=1S/2C20H29NO9.Y/c2*1-13(2)16(22)28-10-20(11-29-17(23)14(3)4,12-30-18(24)15(5)6)9-26-7-8-27-19(21)25;/h2*1,3,5,7-12H2,2,4,6H3,(H2,21,25);/p-2. The molecule has 21 heteroatoms. The van der Waals surface area contributed by atoms with Crippen molar-refractivity contribution in [2.45, 2.75) is 41.5 Å². The van der Waals surface area contributed by atoms with E-state index in [1.54, 1.807) is 0 Å². The van der Waals surface area contributed by atoms with E-state index in [1.165, 1.54) is 41.5 Å². The van der Waals surface area contributed by atoms with Gasteiger partial charge in [-0.3, -0.25) is 9.59 Å². The Kier molecular flexibility index (Phi) is 31.2. The molecule has 0 unspecified atom stereocenters. The molecule has 2 amide bonds. The summed E-state index contributed by atoms with van der Waals surface area (Å²) in [4.78, 5) is 92.1. The molecular weight excluding hydrogens is 885 g/mol. The molecule has 0 bridgehead atoms. The van der Waals surface area contributed by atoms with E-state index >= 15 is 0 Å². The third-order valence-electron chi connectivity index (χ3n) is 6.89. The van der Waals surface area contributed by atoms with E-state index in [9.17, 15) is 38.4 Å². The molecule has 2 N–H and O–H groups in total. The zero-order valence-electron chi connectivity index (χ0n) is 35.7. The van der Waals surface area contributed by atoms with Crippen molar-refractivity contribution in [3.05, 3.63) is 84.4 Å². The van der Waals surface area contributed by atoms with Crippen LogP contribution in [-0.2, 0) is 109 Å². The molecule has 0 aromatic carbocycles. The Balaban J connectivity index is -0.00000109. The van der Waals surface area contributed by atoms with Crippen LogP contribution in [0.4, 0.5) is 9.59 Å². The minimum absolute atomic E-state index is 0. The molecule has 0 aromatic heterocycles. The van der Waals surface area contributed by atoms with Crippen LogP contribution in [0.15, 0.2) is 72.9 Å². The maximum atomic E-state index is 11.8. The van der Waals surface area contributed by atoms with Gasteiger partial charge in [0.1, 0.15) is 52.9 Å². The largest absolute Gasteiger partial charge is 0.632 e. The maximum Gasteiger partial charge on any atom is 0.333 e. The molecule has 0 aliphatic carbocycles. The Morgan fingerprint density at radius 1 is 0.344 bits per heavy atom. The van der Waals surface area contributed by atoms with Crippen molar-refractivity contribution in [2.24, 2.45) is 10.8 Å². The van der Waals surface area contributed by atoms with Gasteiger partial charge >= 0.3 is 35.8 Å². The molecule has 0 heterocycles. The van der Waals surface area contributed by atoms with Gasteiger partial charge in [0.25, 0.3) is 0 Å². The summed E-state index contributed by atoms with van der Waals surface area (Å²) in [5.41, 5.74) is 11.7. The van der Waals surface area contributed by atoms with Gasteiger partial charge in [-0.1, -0.05) is 39.5 Å². The third kappa shape index (κ3) is 28.8. The number of ether oxygens (including phenoxy) is 10. The number of nitrogens with one attached hydrogen (secondary N) is 2. The fourth-order valence-corrected chi connectivity index (χ4v) is 3.51. The summed E-state index contributed by atoms with van der Waals surface area (Å²) in [5.74, 6) is -4.17. The van der Waals surface area contributed by atoms with Gasteiger partial charge in [-0.25, -0.2) is 28.8 Å². The third-order valence-corrected chi connectivity index (χ3v) is 6.89. The molecule has 0 atom stereocenters. The summed E-state index contributed by atoms with van der Waals surface area (Å²) in [6.45, 7) is 26.7. The Bertz CT molecular complexity index is 1370. The van der Waals surface area contributed by atoms with Gasteiger partial charge in [0.2, 0.25) is 12.2 Å². The number of hydrogen-bond donors (Lipinski definition) is 0. The molecule has 339 valence electrons. The van der Waals surface area contributed by atoms with Crippen LogP contribution < -0.4 is 0 Å². The van der Waals surface area contributed by atoms with Crippen LogP contribution >= 0.6 is 0 Å². The SMILES string of the molecule is C=C(C)C(=O)OCC(COCCOC([NH-])=O)(COC(=O)C(=C)C)COC(=O)C(=C)C.C=C(C)C(=O)OCC(COCCOC([NH-])=O)(COC(=O)C(=C)C)COC(=O)C(=C)C.[Y]. The molecule has 0 rings (SSSR count).